The van der Waals surface area contributed by atoms with Crippen molar-refractivity contribution >= 4 is 11.9 Å². The largest absolute Gasteiger partial charge is 0.392 e. The summed E-state index contributed by atoms with van der Waals surface area (Å²) < 4.78 is 0. The van der Waals surface area contributed by atoms with Gasteiger partial charge in [-0.15, -0.1) is 6.58 Å². The number of aliphatic hydroxyl groups excluding tert-OH is 1. The van der Waals surface area contributed by atoms with E-state index in [9.17, 15) is 4.79 Å². The summed E-state index contributed by atoms with van der Waals surface area (Å²) >= 11 is 0. The second kappa shape index (κ2) is 14.7. The van der Waals surface area contributed by atoms with Crippen LogP contribution in [0, 0.1) is 0 Å². The van der Waals surface area contributed by atoms with Gasteiger partial charge in [-0.3, -0.25) is 4.79 Å². The van der Waals surface area contributed by atoms with Gasteiger partial charge < -0.3 is 21.5 Å². The van der Waals surface area contributed by atoms with Crippen LogP contribution >= 0.6 is 0 Å². The number of likely N-dealkylation sites (N-methyl/N-ethyl adjacent to an activating group) is 1. The van der Waals surface area contributed by atoms with Gasteiger partial charge in [0.05, 0.1) is 6.61 Å². The first-order chi connectivity index (χ1) is 6.83. The van der Waals surface area contributed by atoms with Crippen molar-refractivity contribution in [2.24, 2.45) is 11.5 Å². The zero-order chi connectivity index (χ0) is 12.9. The lowest BCUT2D eigenvalue weighted by Gasteiger charge is -2.03. The molecule has 0 saturated carbocycles. The maximum absolute atomic E-state index is 10.3. The number of carbonyl (C=O) groups is 2. The minimum absolute atomic E-state index is 0.0556. The molecular formula is C9H19N3O3. The Morgan fingerprint density at radius 1 is 1.33 bits per heavy atom. The number of hydrogen-bond acceptors (Lipinski definition) is 3. The number of carbonyl (C=O) groups excluding carboxylic acids is 2. The first kappa shape index (κ1) is 18.9. The van der Waals surface area contributed by atoms with Gasteiger partial charge >= 0.3 is 6.03 Å². The molecule has 6 heteroatoms. The van der Waals surface area contributed by atoms with E-state index in [0.717, 1.165) is 0 Å². The third kappa shape index (κ3) is 47.0. The summed E-state index contributed by atoms with van der Waals surface area (Å²) in [6, 6.07) is -0.833. The molecule has 0 aromatic rings. The monoisotopic (exact) mass is 217 g/mol. The topological polar surface area (TPSA) is 110 Å². The van der Waals surface area contributed by atoms with Gasteiger partial charge in [-0.2, -0.15) is 0 Å². The molecule has 0 rings (SSSR count). The minimum Gasteiger partial charge on any atom is -0.392 e. The molecule has 0 bridgehead atoms. The van der Waals surface area contributed by atoms with Crippen molar-refractivity contribution in [1.29, 1.82) is 0 Å². The summed E-state index contributed by atoms with van der Waals surface area (Å²) in [6.45, 7) is 6.60. The number of rotatable bonds is 2. The highest BCUT2D eigenvalue weighted by atomic mass is 16.2. The predicted octanol–water partition coefficient (Wildman–Crippen LogP) is -0.551. The van der Waals surface area contributed by atoms with E-state index in [1.807, 2.05) is 0 Å². The highest BCUT2D eigenvalue weighted by Crippen LogP contribution is 1.74. The number of primary amides is 2. The van der Waals surface area contributed by atoms with Crippen molar-refractivity contribution in [3.63, 3.8) is 0 Å². The van der Waals surface area contributed by atoms with E-state index < -0.39 is 6.03 Å². The molecule has 3 amide bonds. The average Bonchev–Trinajstić information content (AvgIpc) is 2.16. The van der Waals surface area contributed by atoms with E-state index in [-0.39, 0.29) is 12.5 Å². The molecule has 5 N–H and O–H groups in total. The normalized spacial score (nSPS) is 6.87. The number of urea groups is 1. The second-order valence-electron chi connectivity index (χ2n) is 2.31. The maximum atomic E-state index is 10.3. The van der Waals surface area contributed by atoms with Crippen LogP contribution in [-0.4, -0.2) is 42.6 Å². The Morgan fingerprint density at radius 2 is 1.60 bits per heavy atom. The fourth-order valence-electron chi connectivity index (χ4n) is 0.183. The average molecular weight is 217 g/mol. The van der Waals surface area contributed by atoms with Crippen molar-refractivity contribution in [2.45, 2.75) is 0 Å². The van der Waals surface area contributed by atoms with Crippen LogP contribution in [0.5, 0.6) is 0 Å². The summed E-state index contributed by atoms with van der Waals surface area (Å²) in [5.41, 5.74) is 8.50. The Bertz CT molecular complexity index is 199. The summed E-state index contributed by atoms with van der Waals surface area (Å²) in [4.78, 5) is 20.8. The lowest BCUT2D eigenvalue weighted by molar-refractivity contribution is -0.123. The minimum atomic E-state index is -0.833. The molecule has 0 heterocycles. The summed E-state index contributed by atoms with van der Waals surface area (Å²) in [5.74, 6) is -0.0556. The van der Waals surface area contributed by atoms with Gasteiger partial charge in [0.2, 0.25) is 5.91 Å². The molecule has 88 valence electrons. The quantitative estimate of drug-likeness (QED) is 0.426. The molecule has 0 unspecified atom stereocenters. The van der Waals surface area contributed by atoms with Crippen LogP contribution in [0.1, 0.15) is 0 Å². The Balaban J connectivity index is -0.000000155. The van der Waals surface area contributed by atoms with Crippen molar-refractivity contribution in [1.82, 2.24) is 4.90 Å². The van der Waals surface area contributed by atoms with Crippen molar-refractivity contribution in [2.75, 3.05) is 20.7 Å². The van der Waals surface area contributed by atoms with Gasteiger partial charge in [0.1, 0.15) is 0 Å². The Morgan fingerprint density at radius 3 is 1.60 bits per heavy atom. The molecular weight excluding hydrogens is 198 g/mol. The Labute approximate surface area is 89.8 Å². The van der Waals surface area contributed by atoms with Gasteiger partial charge in [-0.25, -0.2) is 4.79 Å². The molecule has 0 spiro atoms. The molecule has 0 aliphatic rings. The van der Waals surface area contributed by atoms with Crippen molar-refractivity contribution in [3.8, 4) is 0 Å². The SMILES string of the molecule is C=CC(=O)N(C)C.C=CCO.NC(N)=O. The fourth-order valence-corrected chi connectivity index (χ4v) is 0.183. The third-order valence-corrected chi connectivity index (χ3v) is 0.744. The highest BCUT2D eigenvalue weighted by Gasteiger charge is 1.91. The number of nitrogens with zero attached hydrogens (tertiary/aromatic N) is 1. The maximum Gasteiger partial charge on any atom is 0.309 e. The van der Waals surface area contributed by atoms with Crippen LogP contribution in [0.3, 0.4) is 0 Å². The molecule has 0 saturated heterocycles. The van der Waals surface area contributed by atoms with Crippen molar-refractivity contribution in [3.05, 3.63) is 25.3 Å². The van der Waals surface area contributed by atoms with E-state index in [1.165, 1.54) is 17.1 Å². The first-order valence-corrected chi connectivity index (χ1v) is 3.93. The van der Waals surface area contributed by atoms with E-state index in [4.69, 9.17) is 9.90 Å². The lowest BCUT2D eigenvalue weighted by atomic mass is 10.5. The van der Waals surface area contributed by atoms with Crippen LogP contribution in [0.15, 0.2) is 25.3 Å². The van der Waals surface area contributed by atoms with Crippen LogP contribution in [-0.2, 0) is 4.79 Å². The number of amides is 3. The standard InChI is InChI=1S/C5H9NO.C3H6O.CH4N2O/c1-4-5(7)6(2)3;1-2-3-4;2-1(3)4/h4H,1H2,2-3H3;2,4H,1,3H2;(H4,2,3,4). The Kier molecular flexibility index (Phi) is 18.5. The number of aliphatic hydroxyl groups is 1. The molecule has 0 aromatic carbocycles. The third-order valence-electron chi connectivity index (χ3n) is 0.744. The number of hydrogen-bond donors (Lipinski definition) is 3. The predicted molar refractivity (Wildman–Crippen MR) is 59.9 cm³/mol. The lowest BCUT2D eigenvalue weighted by Crippen LogP contribution is -2.18. The summed E-state index contributed by atoms with van der Waals surface area (Å²) in [7, 11) is 3.37. The molecule has 0 aliphatic heterocycles. The fraction of sp³-hybridized carbons (Fsp3) is 0.333. The van der Waals surface area contributed by atoms with Crippen LogP contribution in [0.25, 0.3) is 0 Å². The van der Waals surface area contributed by atoms with E-state index in [2.05, 4.69) is 24.6 Å². The van der Waals surface area contributed by atoms with Crippen LogP contribution < -0.4 is 11.5 Å². The van der Waals surface area contributed by atoms with E-state index in [1.54, 1.807) is 14.1 Å². The molecule has 0 atom stereocenters. The highest BCUT2D eigenvalue weighted by molar-refractivity contribution is 5.86. The van der Waals surface area contributed by atoms with E-state index in [0.29, 0.717) is 0 Å². The summed E-state index contributed by atoms with van der Waals surface area (Å²) in [6.07, 6.45) is 2.71. The molecule has 0 aliphatic carbocycles. The molecule has 15 heavy (non-hydrogen) atoms. The zero-order valence-corrected chi connectivity index (χ0v) is 9.14. The smallest absolute Gasteiger partial charge is 0.309 e. The van der Waals surface area contributed by atoms with E-state index >= 15 is 0 Å². The molecule has 0 fully saturated rings. The number of nitrogens with two attached hydrogens (primary N) is 2. The van der Waals surface area contributed by atoms with Crippen LogP contribution in [0.2, 0.25) is 0 Å². The van der Waals surface area contributed by atoms with Gasteiger partial charge in [0.25, 0.3) is 0 Å². The first-order valence-electron chi connectivity index (χ1n) is 3.93. The second-order valence-corrected chi connectivity index (χ2v) is 2.31. The molecule has 0 radical (unpaired) electrons. The summed E-state index contributed by atoms with van der Waals surface area (Å²) in [5, 5.41) is 7.76. The molecule has 0 aromatic heterocycles. The van der Waals surface area contributed by atoms with Gasteiger partial charge in [-0.1, -0.05) is 12.7 Å². The van der Waals surface area contributed by atoms with Crippen molar-refractivity contribution < 1.29 is 14.7 Å². The zero-order valence-electron chi connectivity index (χ0n) is 9.14. The van der Waals surface area contributed by atoms with Gasteiger partial charge in [0.15, 0.2) is 0 Å². The molecule has 6 nitrogen and oxygen atoms in total. The van der Waals surface area contributed by atoms with Gasteiger partial charge in [0, 0.05) is 14.1 Å². The van der Waals surface area contributed by atoms with Crippen LogP contribution in [0.4, 0.5) is 4.79 Å². The van der Waals surface area contributed by atoms with Gasteiger partial charge in [-0.05, 0) is 6.08 Å². The Hall–Kier alpha value is -1.82.